The van der Waals surface area contributed by atoms with Crippen LogP contribution in [0.5, 0.6) is 0 Å². The highest BCUT2D eigenvalue weighted by Gasteiger charge is 2.27. The maximum Gasteiger partial charge on any atom is 0.261 e. The van der Waals surface area contributed by atoms with Crippen LogP contribution >= 0.6 is 11.3 Å². The van der Waals surface area contributed by atoms with Crippen LogP contribution in [0.1, 0.15) is 60.5 Å². The smallest absolute Gasteiger partial charge is 0.261 e. The number of hydrogen-bond acceptors (Lipinski definition) is 4. The van der Waals surface area contributed by atoms with Gasteiger partial charge >= 0.3 is 0 Å². The molecular weight excluding hydrogens is 392 g/mol. The van der Waals surface area contributed by atoms with Crippen molar-refractivity contribution in [1.29, 1.82) is 0 Å². The van der Waals surface area contributed by atoms with E-state index in [0.29, 0.717) is 6.04 Å². The zero-order chi connectivity index (χ0) is 21.1. The number of likely N-dealkylation sites (tertiary alicyclic amines) is 1. The van der Waals surface area contributed by atoms with Gasteiger partial charge in [0.2, 0.25) is 0 Å². The molecule has 1 saturated heterocycles. The van der Waals surface area contributed by atoms with E-state index in [0.717, 1.165) is 24.4 Å². The summed E-state index contributed by atoms with van der Waals surface area (Å²) in [5.74, 6) is 0.0630. The molecule has 5 nitrogen and oxygen atoms in total. The number of nitrogens with one attached hydrogen (secondary N) is 1. The zero-order valence-electron chi connectivity index (χ0n) is 18.2. The predicted molar refractivity (Wildman–Crippen MR) is 124 cm³/mol. The summed E-state index contributed by atoms with van der Waals surface area (Å²) in [5.41, 5.74) is 2.46. The minimum atomic E-state index is 0.0630. The molecule has 4 rings (SSSR count). The van der Waals surface area contributed by atoms with Crippen LogP contribution in [0.25, 0.3) is 10.1 Å². The van der Waals surface area contributed by atoms with E-state index in [9.17, 15) is 4.79 Å². The maximum absolute atomic E-state index is 13.0. The standard InChI is InChI=1S/C24H32N4OS/c1-17(2)26-24(29)23-21(20-10-6-7-11-22(20)30-23)15-18-9-5-4-8-14-28(18)16-19-12-13-25-27(19)3/h6-7,10-13,17-18H,4-5,8-9,14-16H2,1-3H3,(H,26,29)/t18-/m1/s1. The van der Waals surface area contributed by atoms with E-state index < -0.39 is 0 Å². The average molecular weight is 425 g/mol. The molecule has 160 valence electrons. The van der Waals surface area contributed by atoms with Gasteiger partial charge in [-0.25, -0.2) is 0 Å². The van der Waals surface area contributed by atoms with Gasteiger partial charge in [-0.1, -0.05) is 31.0 Å². The molecule has 0 aliphatic carbocycles. The quantitative estimate of drug-likeness (QED) is 0.621. The molecule has 1 amide bonds. The maximum atomic E-state index is 13.0. The highest BCUT2D eigenvalue weighted by Crippen LogP contribution is 2.34. The van der Waals surface area contributed by atoms with Crippen molar-refractivity contribution in [2.45, 2.75) is 64.6 Å². The number of carbonyl (C=O) groups excluding carboxylic acids is 1. The summed E-state index contributed by atoms with van der Waals surface area (Å²) in [7, 11) is 2.02. The molecular formula is C24H32N4OS. The molecule has 1 aromatic carbocycles. The summed E-state index contributed by atoms with van der Waals surface area (Å²) in [4.78, 5) is 16.5. The zero-order valence-corrected chi connectivity index (χ0v) is 19.0. The molecule has 1 N–H and O–H groups in total. The van der Waals surface area contributed by atoms with Crippen molar-refractivity contribution < 1.29 is 4.79 Å². The van der Waals surface area contributed by atoms with Gasteiger partial charge in [0.1, 0.15) is 0 Å². The SMILES string of the molecule is CC(C)NC(=O)c1sc2ccccc2c1C[C@H]1CCCCCN1Cc1ccnn1C. The number of hydrogen-bond donors (Lipinski definition) is 1. The summed E-state index contributed by atoms with van der Waals surface area (Å²) in [6.45, 7) is 6.06. The van der Waals surface area contributed by atoms with E-state index >= 15 is 0 Å². The molecule has 30 heavy (non-hydrogen) atoms. The third-order valence-corrected chi connectivity index (χ3v) is 7.26. The van der Waals surface area contributed by atoms with Crippen molar-refractivity contribution in [2.75, 3.05) is 6.54 Å². The van der Waals surface area contributed by atoms with Crippen molar-refractivity contribution in [2.24, 2.45) is 7.05 Å². The van der Waals surface area contributed by atoms with Crippen molar-refractivity contribution in [3.63, 3.8) is 0 Å². The Bertz CT molecular complexity index is 1010. The average Bonchev–Trinajstić information content (AvgIpc) is 3.20. The Morgan fingerprint density at radius 3 is 2.83 bits per heavy atom. The van der Waals surface area contributed by atoms with E-state index in [-0.39, 0.29) is 11.9 Å². The van der Waals surface area contributed by atoms with Crippen molar-refractivity contribution >= 4 is 27.3 Å². The lowest BCUT2D eigenvalue weighted by atomic mass is 9.97. The minimum absolute atomic E-state index is 0.0630. The lowest BCUT2D eigenvalue weighted by molar-refractivity contribution is 0.0945. The largest absolute Gasteiger partial charge is 0.349 e. The lowest BCUT2D eigenvalue weighted by Crippen LogP contribution is -2.37. The van der Waals surface area contributed by atoms with Gasteiger partial charge < -0.3 is 5.32 Å². The van der Waals surface area contributed by atoms with Crippen LogP contribution in [0.2, 0.25) is 0 Å². The first kappa shape index (κ1) is 21.1. The normalized spacial score (nSPS) is 18.1. The molecule has 0 unspecified atom stereocenters. The van der Waals surface area contributed by atoms with E-state index in [2.05, 4.69) is 45.6 Å². The van der Waals surface area contributed by atoms with Crippen LogP contribution in [0.15, 0.2) is 36.5 Å². The molecule has 3 heterocycles. The van der Waals surface area contributed by atoms with E-state index in [1.807, 2.05) is 31.8 Å². The molecule has 2 aromatic heterocycles. The molecule has 0 bridgehead atoms. The minimum Gasteiger partial charge on any atom is -0.349 e. The van der Waals surface area contributed by atoms with Crippen LogP contribution in [-0.4, -0.2) is 39.2 Å². The molecule has 3 aromatic rings. The van der Waals surface area contributed by atoms with Gasteiger partial charge in [0, 0.05) is 36.6 Å². The third kappa shape index (κ3) is 4.60. The Kier molecular flexibility index (Phi) is 6.54. The number of aromatic nitrogens is 2. The number of aryl methyl sites for hydroxylation is 1. The van der Waals surface area contributed by atoms with Crippen LogP contribution in [-0.2, 0) is 20.0 Å². The summed E-state index contributed by atoms with van der Waals surface area (Å²) < 4.78 is 3.18. The second-order valence-corrected chi connectivity index (χ2v) is 9.71. The van der Waals surface area contributed by atoms with Crippen molar-refractivity contribution in [3.8, 4) is 0 Å². The van der Waals surface area contributed by atoms with Crippen LogP contribution < -0.4 is 5.32 Å². The molecule has 0 saturated carbocycles. The van der Waals surface area contributed by atoms with Crippen LogP contribution in [0, 0.1) is 0 Å². The van der Waals surface area contributed by atoms with Gasteiger partial charge in [-0.2, -0.15) is 5.10 Å². The van der Waals surface area contributed by atoms with Gasteiger partial charge in [0.25, 0.3) is 5.91 Å². The first-order valence-corrected chi connectivity index (χ1v) is 11.9. The second-order valence-electron chi connectivity index (χ2n) is 8.66. The third-order valence-electron chi connectivity index (χ3n) is 6.05. The molecule has 1 fully saturated rings. The molecule has 1 aliphatic heterocycles. The highest BCUT2D eigenvalue weighted by molar-refractivity contribution is 7.21. The molecule has 1 atom stereocenters. The van der Waals surface area contributed by atoms with Crippen molar-refractivity contribution in [3.05, 3.63) is 52.7 Å². The molecule has 0 spiro atoms. The topological polar surface area (TPSA) is 50.2 Å². The Labute approximate surface area is 183 Å². The van der Waals surface area contributed by atoms with Gasteiger partial charge in [-0.15, -0.1) is 11.3 Å². The summed E-state index contributed by atoms with van der Waals surface area (Å²) >= 11 is 1.63. The van der Waals surface area contributed by atoms with Gasteiger partial charge in [0.05, 0.1) is 10.6 Å². The summed E-state index contributed by atoms with van der Waals surface area (Å²) in [6.07, 6.45) is 7.74. The monoisotopic (exact) mass is 424 g/mol. The number of carbonyl (C=O) groups is 1. The highest BCUT2D eigenvalue weighted by atomic mass is 32.1. The van der Waals surface area contributed by atoms with Crippen LogP contribution in [0.3, 0.4) is 0 Å². The first-order valence-electron chi connectivity index (χ1n) is 11.0. The molecule has 1 aliphatic rings. The fourth-order valence-corrected chi connectivity index (χ4v) is 5.62. The number of nitrogens with zero attached hydrogens (tertiary/aromatic N) is 3. The number of fused-ring (bicyclic) bond motifs is 1. The van der Waals surface area contributed by atoms with Gasteiger partial charge in [-0.05, 0) is 62.7 Å². The Morgan fingerprint density at radius 1 is 1.23 bits per heavy atom. The summed E-state index contributed by atoms with van der Waals surface area (Å²) in [6, 6.07) is 11.1. The fourth-order valence-electron chi connectivity index (χ4n) is 4.49. The number of benzene rings is 1. The van der Waals surface area contributed by atoms with E-state index in [1.54, 1.807) is 11.3 Å². The lowest BCUT2D eigenvalue weighted by Gasteiger charge is -2.30. The predicted octanol–water partition coefficient (Wildman–Crippen LogP) is 4.76. The Morgan fingerprint density at radius 2 is 2.07 bits per heavy atom. The van der Waals surface area contributed by atoms with Gasteiger partial charge in [0.15, 0.2) is 0 Å². The molecule has 6 heteroatoms. The van der Waals surface area contributed by atoms with Gasteiger partial charge in [-0.3, -0.25) is 14.4 Å². The summed E-state index contributed by atoms with van der Waals surface area (Å²) in [5, 5.41) is 8.70. The fraction of sp³-hybridized carbons (Fsp3) is 0.500. The van der Waals surface area contributed by atoms with E-state index in [1.165, 1.54) is 47.0 Å². The number of amides is 1. The Balaban J connectivity index is 1.66. The number of rotatable bonds is 6. The number of thiophene rings is 1. The first-order chi connectivity index (χ1) is 14.5. The molecule has 0 radical (unpaired) electrons. The van der Waals surface area contributed by atoms with Crippen LogP contribution in [0.4, 0.5) is 0 Å². The van der Waals surface area contributed by atoms with Crippen molar-refractivity contribution in [1.82, 2.24) is 20.0 Å². The van der Waals surface area contributed by atoms with E-state index in [4.69, 9.17) is 0 Å². The Hall–Kier alpha value is -2.18. The second kappa shape index (κ2) is 9.31.